The van der Waals surface area contributed by atoms with Crippen LogP contribution in [0.5, 0.6) is 11.5 Å². The standard InChI is InChI=1S/C22H19N3O5/c1-29-20-12-16(13-24-25-21(26)18-4-2-3-11-23-18)7-10-19(20)30-14-15-5-8-17(9-6-15)22(27)28/h2-13H,14H2,1H3,(H,25,26)(H,27,28)/p-1/b24-13-. The molecule has 152 valence electrons. The normalized spacial score (nSPS) is 10.6. The molecule has 1 heterocycles. The first-order chi connectivity index (χ1) is 14.6. The van der Waals surface area contributed by atoms with Crippen molar-refractivity contribution in [1.29, 1.82) is 0 Å². The van der Waals surface area contributed by atoms with Crippen LogP contribution in [-0.2, 0) is 6.61 Å². The smallest absolute Gasteiger partial charge is 0.289 e. The van der Waals surface area contributed by atoms with E-state index >= 15 is 0 Å². The Balaban J connectivity index is 1.61. The van der Waals surface area contributed by atoms with Gasteiger partial charge < -0.3 is 19.4 Å². The average molecular weight is 404 g/mol. The molecule has 0 aliphatic rings. The monoisotopic (exact) mass is 404 g/mol. The Morgan fingerprint density at radius 2 is 1.90 bits per heavy atom. The predicted molar refractivity (Wildman–Crippen MR) is 107 cm³/mol. The van der Waals surface area contributed by atoms with Gasteiger partial charge in [-0.3, -0.25) is 9.78 Å². The number of benzene rings is 2. The number of carboxylic acids is 1. The average Bonchev–Trinajstić information content (AvgIpc) is 2.78. The molecule has 2 aromatic carbocycles. The van der Waals surface area contributed by atoms with E-state index in [1.807, 2.05) is 0 Å². The fourth-order valence-electron chi connectivity index (χ4n) is 2.50. The number of hydrogen-bond acceptors (Lipinski definition) is 7. The van der Waals surface area contributed by atoms with Crippen molar-refractivity contribution < 1.29 is 24.2 Å². The summed E-state index contributed by atoms with van der Waals surface area (Å²) < 4.78 is 11.1. The highest BCUT2D eigenvalue weighted by atomic mass is 16.5. The predicted octanol–water partition coefficient (Wildman–Crippen LogP) is 1.80. The highest BCUT2D eigenvalue weighted by Crippen LogP contribution is 2.28. The molecule has 8 nitrogen and oxygen atoms in total. The van der Waals surface area contributed by atoms with Crippen LogP contribution in [-0.4, -0.2) is 30.2 Å². The summed E-state index contributed by atoms with van der Waals surface area (Å²) in [5.41, 5.74) is 4.27. The van der Waals surface area contributed by atoms with Crippen molar-refractivity contribution in [2.24, 2.45) is 5.10 Å². The van der Waals surface area contributed by atoms with Crippen LogP contribution in [0.3, 0.4) is 0 Å². The Morgan fingerprint density at radius 3 is 2.57 bits per heavy atom. The van der Waals surface area contributed by atoms with Gasteiger partial charge in [-0.2, -0.15) is 5.10 Å². The summed E-state index contributed by atoms with van der Waals surface area (Å²) in [5.74, 6) is -0.640. The number of carbonyl (C=O) groups is 2. The van der Waals surface area contributed by atoms with Gasteiger partial charge in [0.15, 0.2) is 11.5 Å². The van der Waals surface area contributed by atoms with E-state index in [0.717, 1.165) is 5.56 Å². The number of methoxy groups -OCH3 is 1. The van der Waals surface area contributed by atoms with E-state index in [-0.39, 0.29) is 17.9 Å². The summed E-state index contributed by atoms with van der Waals surface area (Å²) in [6.45, 7) is 0.233. The Labute approximate surface area is 172 Å². The van der Waals surface area contributed by atoms with E-state index in [2.05, 4.69) is 15.5 Å². The van der Waals surface area contributed by atoms with Gasteiger partial charge in [0.2, 0.25) is 0 Å². The highest BCUT2D eigenvalue weighted by Gasteiger charge is 2.07. The molecule has 3 rings (SSSR count). The Bertz CT molecular complexity index is 1050. The van der Waals surface area contributed by atoms with Gasteiger partial charge in [0.25, 0.3) is 5.91 Å². The van der Waals surface area contributed by atoms with Crippen LogP contribution < -0.4 is 20.0 Å². The van der Waals surface area contributed by atoms with Crippen LogP contribution in [0.2, 0.25) is 0 Å². The maximum atomic E-state index is 11.9. The number of amides is 1. The first-order valence-corrected chi connectivity index (χ1v) is 8.92. The van der Waals surface area contributed by atoms with Crippen LogP contribution in [0.1, 0.15) is 32.0 Å². The fourth-order valence-corrected chi connectivity index (χ4v) is 2.50. The molecule has 1 aromatic heterocycles. The second-order valence-corrected chi connectivity index (χ2v) is 6.10. The van der Waals surface area contributed by atoms with Crippen LogP contribution in [0, 0.1) is 0 Å². The minimum atomic E-state index is -1.22. The Hall–Kier alpha value is -4.20. The third kappa shape index (κ3) is 5.41. The largest absolute Gasteiger partial charge is 0.545 e. The van der Waals surface area contributed by atoms with Crippen molar-refractivity contribution in [3.05, 3.63) is 89.2 Å². The van der Waals surface area contributed by atoms with E-state index in [1.165, 1.54) is 31.7 Å². The molecule has 1 N–H and O–H groups in total. The third-order valence-electron chi connectivity index (χ3n) is 4.05. The highest BCUT2D eigenvalue weighted by molar-refractivity contribution is 5.93. The van der Waals surface area contributed by atoms with Gasteiger partial charge in [-0.05, 0) is 47.0 Å². The van der Waals surface area contributed by atoms with Crippen LogP contribution in [0.25, 0.3) is 0 Å². The van der Waals surface area contributed by atoms with Gasteiger partial charge in [0.1, 0.15) is 12.3 Å². The van der Waals surface area contributed by atoms with E-state index in [4.69, 9.17) is 9.47 Å². The summed E-state index contributed by atoms with van der Waals surface area (Å²) >= 11 is 0. The molecule has 1 amide bonds. The van der Waals surface area contributed by atoms with E-state index in [9.17, 15) is 14.7 Å². The Kier molecular flexibility index (Phi) is 6.73. The van der Waals surface area contributed by atoms with Crippen molar-refractivity contribution in [3.8, 4) is 11.5 Å². The third-order valence-corrected chi connectivity index (χ3v) is 4.05. The quantitative estimate of drug-likeness (QED) is 0.452. The number of ether oxygens (including phenoxy) is 2. The van der Waals surface area contributed by atoms with E-state index in [1.54, 1.807) is 48.5 Å². The van der Waals surface area contributed by atoms with E-state index < -0.39 is 11.9 Å². The van der Waals surface area contributed by atoms with Crippen LogP contribution in [0.4, 0.5) is 0 Å². The van der Waals surface area contributed by atoms with Gasteiger partial charge in [-0.25, -0.2) is 5.43 Å². The second-order valence-electron chi connectivity index (χ2n) is 6.10. The molecule has 0 spiro atoms. The molecule has 0 saturated carbocycles. The lowest BCUT2D eigenvalue weighted by molar-refractivity contribution is -0.255. The molecule has 0 unspecified atom stereocenters. The minimum absolute atomic E-state index is 0.107. The number of nitrogens with one attached hydrogen (secondary N) is 1. The maximum Gasteiger partial charge on any atom is 0.289 e. The topological polar surface area (TPSA) is 113 Å². The van der Waals surface area contributed by atoms with Gasteiger partial charge in [-0.15, -0.1) is 0 Å². The molecule has 0 aliphatic carbocycles. The zero-order chi connectivity index (χ0) is 21.3. The minimum Gasteiger partial charge on any atom is -0.545 e. The zero-order valence-electron chi connectivity index (χ0n) is 16.1. The maximum absolute atomic E-state index is 11.9. The molecular formula is C22H18N3O5-. The molecule has 0 atom stereocenters. The first kappa shape index (κ1) is 20.5. The summed E-state index contributed by atoms with van der Waals surface area (Å²) in [6, 6.07) is 16.5. The lowest BCUT2D eigenvalue weighted by Gasteiger charge is -2.12. The van der Waals surface area contributed by atoms with Crippen molar-refractivity contribution in [2.45, 2.75) is 6.61 Å². The molecule has 3 aromatic rings. The van der Waals surface area contributed by atoms with Crippen molar-refractivity contribution in [2.75, 3.05) is 7.11 Å². The molecule has 0 radical (unpaired) electrons. The number of hydrazone groups is 1. The van der Waals surface area contributed by atoms with Gasteiger partial charge >= 0.3 is 0 Å². The molecule has 0 fully saturated rings. The zero-order valence-corrected chi connectivity index (χ0v) is 16.1. The summed E-state index contributed by atoms with van der Waals surface area (Å²) in [5, 5.41) is 14.7. The number of carbonyl (C=O) groups excluding carboxylic acids is 2. The fraction of sp³-hybridized carbons (Fsp3) is 0.0909. The number of carboxylic acid groups (broad SMARTS) is 1. The van der Waals surface area contributed by atoms with Gasteiger partial charge in [0.05, 0.1) is 19.3 Å². The number of aromatic nitrogens is 1. The Morgan fingerprint density at radius 1 is 1.10 bits per heavy atom. The molecule has 8 heteroatoms. The lowest BCUT2D eigenvalue weighted by Crippen LogP contribution is -2.22. The molecule has 0 saturated heterocycles. The van der Waals surface area contributed by atoms with Gasteiger partial charge in [0, 0.05) is 6.20 Å². The molecule has 0 bridgehead atoms. The summed E-state index contributed by atoms with van der Waals surface area (Å²) in [4.78, 5) is 26.7. The van der Waals surface area contributed by atoms with Crippen LogP contribution >= 0.6 is 0 Å². The SMILES string of the molecule is COc1cc(/C=N\NC(=O)c2ccccn2)ccc1OCc1ccc(C(=O)[O-])cc1. The number of rotatable bonds is 8. The van der Waals surface area contributed by atoms with Crippen molar-refractivity contribution in [1.82, 2.24) is 10.4 Å². The van der Waals surface area contributed by atoms with Crippen molar-refractivity contribution in [3.63, 3.8) is 0 Å². The first-order valence-electron chi connectivity index (χ1n) is 8.92. The summed E-state index contributed by atoms with van der Waals surface area (Å²) in [7, 11) is 1.51. The van der Waals surface area contributed by atoms with Gasteiger partial charge in [-0.1, -0.05) is 30.3 Å². The molecular weight excluding hydrogens is 386 g/mol. The van der Waals surface area contributed by atoms with E-state index in [0.29, 0.717) is 17.1 Å². The number of hydrogen-bond donors (Lipinski definition) is 1. The number of aromatic carboxylic acids is 1. The summed E-state index contributed by atoms with van der Waals surface area (Å²) in [6.07, 6.45) is 3.01. The second kappa shape index (κ2) is 9.83. The lowest BCUT2D eigenvalue weighted by atomic mass is 10.1. The number of nitrogens with zero attached hydrogens (tertiary/aromatic N) is 2. The van der Waals surface area contributed by atoms with Crippen molar-refractivity contribution >= 4 is 18.1 Å². The van der Waals surface area contributed by atoms with Crippen LogP contribution in [0.15, 0.2) is 72.0 Å². The molecule has 0 aliphatic heterocycles. The molecule has 30 heavy (non-hydrogen) atoms. The number of pyridine rings is 1.